The molecule has 1 aliphatic rings. The molecule has 1 saturated carbocycles. The predicted octanol–water partition coefficient (Wildman–Crippen LogP) is 2.48. The molecule has 19 heavy (non-hydrogen) atoms. The topological polar surface area (TPSA) is 70.8 Å². The lowest BCUT2D eigenvalue weighted by Crippen LogP contribution is -2.38. The van der Waals surface area contributed by atoms with Crippen LogP contribution in [-0.4, -0.2) is 34.5 Å². The van der Waals surface area contributed by atoms with Gasteiger partial charge in [0.1, 0.15) is 6.26 Å². The van der Waals surface area contributed by atoms with Gasteiger partial charge in [0.05, 0.1) is 5.56 Å². The van der Waals surface area contributed by atoms with E-state index in [2.05, 4.69) is 6.92 Å². The van der Waals surface area contributed by atoms with Gasteiger partial charge in [0.25, 0.3) is 5.91 Å². The molecule has 1 heterocycles. The average Bonchev–Trinajstić information content (AvgIpc) is 2.84. The Bertz CT molecular complexity index is 491. The summed E-state index contributed by atoms with van der Waals surface area (Å²) in [6, 6.07) is 1.36. The molecule has 2 rings (SSSR count). The number of carbonyl (C=O) groups excluding carboxylic acids is 1. The smallest absolute Gasteiger partial charge is 0.338 e. The van der Waals surface area contributed by atoms with E-state index in [9.17, 15) is 9.59 Å². The average molecular weight is 265 g/mol. The van der Waals surface area contributed by atoms with E-state index in [-0.39, 0.29) is 23.3 Å². The Balaban J connectivity index is 2.11. The fourth-order valence-electron chi connectivity index (χ4n) is 2.14. The summed E-state index contributed by atoms with van der Waals surface area (Å²) in [5, 5.41) is 8.83. The van der Waals surface area contributed by atoms with Crippen LogP contribution in [0.3, 0.4) is 0 Å². The van der Waals surface area contributed by atoms with E-state index in [4.69, 9.17) is 9.52 Å². The van der Waals surface area contributed by atoms with E-state index in [1.54, 1.807) is 4.90 Å². The SMILES string of the molecule is CC(C)N(C[C@H]1C[C@H]1C)C(=O)c1cc(C(=O)O)co1. The molecule has 0 aromatic carbocycles. The molecule has 1 amide bonds. The molecule has 1 N–H and O–H groups in total. The van der Waals surface area contributed by atoms with Gasteiger partial charge in [0.2, 0.25) is 0 Å². The van der Waals surface area contributed by atoms with E-state index >= 15 is 0 Å². The van der Waals surface area contributed by atoms with E-state index in [0.29, 0.717) is 18.4 Å². The van der Waals surface area contributed by atoms with Crippen molar-refractivity contribution in [1.29, 1.82) is 0 Å². The number of amides is 1. The zero-order chi connectivity index (χ0) is 14.2. The number of carboxylic acids is 1. The second-order valence-corrected chi connectivity index (χ2v) is 5.53. The summed E-state index contributed by atoms with van der Waals surface area (Å²) in [7, 11) is 0. The predicted molar refractivity (Wildman–Crippen MR) is 69.1 cm³/mol. The Morgan fingerprint density at radius 2 is 2.16 bits per heavy atom. The van der Waals surface area contributed by atoms with Crippen molar-refractivity contribution in [2.45, 2.75) is 33.2 Å². The Kier molecular flexibility index (Phi) is 3.64. The monoisotopic (exact) mass is 265 g/mol. The van der Waals surface area contributed by atoms with Gasteiger partial charge < -0.3 is 14.4 Å². The summed E-state index contributed by atoms with van der Waals surface area (Å²) in [5.41, 5.74) is 0.00634. The van der Waals surface area contributed by atoms with Gasteiger partial charge in [-0.1, -0.05) is 6.92 Å². The van der Waals surface area contributed by atoms with E-state index in [1.807, 2.05) is 13.8 Å². The number of rotatable bonds is 5. The summed E-state index contributed by atoms with van der Waals surface area (Å²) >= 11 is 0. The second kappa shape index (κ2) is 5.07. The lowest BCUT2D eigenvalue weighted by molar-refractivity contribution is 0.0659. The van der Waals surface area contributed by atoms with Gasteiger partial charge in [-0.05, 0) is 32.1 Å². The van der Waals surface area contributed by atoms with Crippen LogP contribution < -0.4 is 0 Å². The van der Waals surface area contributed by atoms with Gasteiger partial charge >= 0.3 is 5.97 Å². The number of carboxylic acid groups (broad SMARTS) is 1. The largest absolute Gasteiger partial charge is 0.478 e. The number of aromatic carboxylic acids is 1. The molecule has 0 spiro atoms. The van der Waals surface area contributed by atoms with Crippen molar-refractivity contribution >= 4 is 11.9 Å². The van der Waals surface area contributed by atoms with Gasteiger partial charge in [-0.15, -0.1) is 0 Å². The van der Waals surface area contributed by atoms with Crippen molar-refractivity contribution < 1.29 is 19.1 Å². The lowest BCUT2D eigenvalue weighted by Gasteiger charge is -2.26. The van der Waals surface area contributed by atoms with E-state index in [1.165, 1.54) is 6.07 Å². The first-order valence-electron chi connectivity index (χ1n) is 6.53. The van der Waals surface area contributed by atoms with Crippen molar-refractivity contribution in [2.75, 3.05) is 6.54 Å². The zero-order valence-corrected chi connectivity index (χ0v) is 11.4. The quantitative estimate of drug-likeness (QED) is 0.887. The van der Waals surface area contributed by atoms with Crippen molar-refractivity contribution in [3.63, 3.8) is 0 Å². The van der Waals surface area contributed by atoms with Crippen molar-refractivity contribution in [3.05, 3.63) is 23.7 Å². The van der Waals surface area contributed by atoms with Gasteiger partial charge in [0.15, 0.2) is 5.76 Å². The molecule has 0 bridgehead atoms. The van der Waals surface area contributed by atoms with Crippen LogP contribution in [0.5, 0.6) is 0 Å². The zero-order valence-electron chi connectivity index (χ0n) is 11.4. The van der Waals surface area contributed by atoms with Crippen LogP contribution in [0.2, 0.25) is 0 Å². The number of nitrogens with zero attached hydrogens (tertiary/aromatic N) is 1. The minimum absolute atomic E-state index is 0.00634. The van der Waals surface area contributed by atoms with Gasteiger partial charge in [-0.2, -0.15) is 0 Å². The summed E-state index contributed by atoms with van der Waals surface area (Å²) in [4.78, 5) is 24.9. The standard InChI is InChI=1S/C14H19NO4/c1-8(2)15(6-10-4-9(10)3)13(16)12-5-11(7-19-12)14(17)18/h5,7-10H,4,6H2,1-3H3,(H,17,18)/t9-,10-/m1/s1. The highest BCUT2D eigenvalue weighted by Crippen LogP contribution is 2.38. The van der Waals surface area contributed by atoms with Crippen LogP contribution in [0.1, 0.15) is 48.1 Å². The van der Waals surface area contributed by atoms with E-state index in [0.717, 1.165) is 12.7 Å². The summed E-state index contributed by atoms with van der Waals surface area (Å²) in [6.07, 6.45) is 2.25. The highest BCUT2D eigenvalue weighted by atomic mass is 16.4. The molecule has 1 aromatic rings. The molecule has 5 heteroatoms. The fourth-order valence-corrected chi connectivity index (χ4v) is 2.14. The number of hydrogen-bond acceptors (Lipinski definition) is 3. The molecule has 2 atom stereocenters. The normalized spacial score (nSPS) is 21.5. The van der Waals surface area contributed by atoms with Crippen LogP contribution in [0.25, 0.3) is 0 Å². The third-order valence-corrected chi connectivity index (χ3v) is 3.65. The maximum Gasteiger partial charge on any atom is 0.338 e. The number of carbonyl (C=O) groups is 2. The lowest BCUT2D eigenvalue weighted by atomic mass is 10.2. The van der Waals surface area contributed by atoms with Crippen LogP contribution >= 0.6 is 0 Å². The van der Waals surface area contributed by atoms with Gasteiger partial charge in [-0.25, -0.2) is 4.79 Å². The number of hydrogen-bond donors (Lipinski definition) is 1. The van der Waals surface area contributed by atoms with Crippen molar-refractivity contribution in [2.24, 2.45) is 11.8 Å². The molecule has 1 aromatic heterocycles. The molecule has 0 saturated heterocycles. The first kappa shape index (κ1) is 13.6. The molecular weight excluding hydrogens is 246 g/mol. The minimum Gasteiger partial charge on any atom is -0.478 e. The van der Waals surface area contributed by atoms with Gasteiger partial charge in [-0.3, -0.25) is 4.79 Å². The third kappa shape index (κ3) is 2.97. The molecule has 0 unspecified atom stereocenters. The Hall–Kier alpha value is -1.78. The summed E-state index contributed by atoms with van der Waals surface area (Å²) in [5.74, 6) is -0.00352. The molecule has 0 radical (unpaired) electrons. The van der Waals surface area contributed by atoms with Gasteiger partial charge in [0, 0.05) is 18.7 Å². The summed E-state index contributed by atoms with van der Waals surface area (Å²) in [6.45, 7) is 6.78. The van der Waals surface area contributed by atoms with Crippen LogP contribution in [0, 0.1) is 11.8 Å². The summed E-state index contributed by atoms with van der Waals surface area (Å²) < 4.78 is 5.08. The Morgan fingerprint density at radius 3 is 2.58 bits per heavy atom. The first-order chi connectivity index (χ1) is 8.90. The molecular formula is C14H19NO4. The minimum atomic E-state index is -1.09. The van der Waals surface area contributed by atoms with E-state index < -0.39 is 5.97 Å². The number of furan rings is 1. The van der Waals surface area contributed by atoms with Crippen LogP contribution in [-0.2, 0) is 0 Å². The third-order valence-electron chi connectivity index (χ3n) is 3.65. The Labute approximate surface area is 112 Å². The molecule has 104 valence electrons. The molecule has 5 nitrogen and oxygen atoms in total. The van der Waals surface area contributed by atoms with Crippen molar-refractivity contribution in [3.8, 4) is 0 Å². The van der Waals surface area contributed by atoms with Crippen molar-refractivity contribution in [1.82, 2.24) is 4.90 Å². The Morgan fingerprint density at radius 1 is 1.53 bits per heavy atom. The highest BCUT2D eigenvalue weighted by Gasteiger charge is 2.36. The first-order valence-corrected chi connectivity index (χ1v) is 6.53. The maximum atomic E-state index is 12.3. The second-order valence-electron chi connectivity index (χ2n) is 5.53. The molecule has 0 aliphatic heterocycles. The maximum absolute atomic E-state index is 12.3. The highest BCUT2D eigenvalue weighted by molar-refractivity contribution is 5.95. The van der Waals surface area contributed by atoms with Crippen LogP contribution in [0.4, 0.5) is 0 Å². The molecule has 1 aliphatic carbocycles. The van der Waals surface area contributed by atoms with Crippen LogP contribution in [0.15, 0.2) is 16.7 Å². The molecule has 1 fully saturated rings. The fraction of sp³-hybridized carbons (Fsp3) is 0.571.